The van der Waals surface area contributed by atoms with Gasteiger partial charge in [-0.3, -0.25) is 0 Å². The highest BCUT2D eigenvalue weighted by Gasteiger charge is 2.29. The summed E-state index contributed by atoms with van der Waals surface area (Å²) >= 11 is 0. The van der Waals surface area contributed by atoms with Crippen LogP contribution < -0.4 is 10.4 Å². The molecule has 1 N–H and O–H groups in total. The predicted molar refractivity (Wildman–Crippen MR) is 44.6 cm³/mol. The van der Waals surface area contributed by atoms with E-state index in [1.165, 1.54) is 6.42 Å². The number of amides is 1. The van der Waals surface area contributed by atoms with Crippen molar-refractivity contribution in [1.29, 1.82) is 0 Å². The number of hydrogen-bond donors (Lipinski definition) is 1. The molecule has 0 saturated heterocycles. The summed E-state index contributed by atoms with van der Waals surface area (Å²) < 4.78 is 0. The van der Waals surface area contributed by atoms with Gasteiger partial charge in [0.05, 0.1) is 0 Å². The van der Waals surface area contributed by atoms with E-state index in [0.29, 0.717) is 0 Å². The van der Waals surface area contributed by atoms with Crippen molar-refractivity contribution >= 4 is 6.09 Å². The summed E-state index contributed by atoms with van der Waals surface area (Å²) in [5, 5.41) is 13.0. The van der Waals surface area contributed by atoms with Gasteiger partial charge in [0.15, 0.2) is 0 Å². The molecule has 0 aromatic rings. The third-order valence-electron chi connectivity index (χ3n) is 2.85. The first-order chi connectivity index (χ1) is 5.68. The molecular weight excluding hydrogens is 154 g/mol. The Bertz CT molecular complexity index is 162. The fourth-order valence-electron chi connectivity index (χ4n) is 2.01. The average Bonchev–Trinajstić information content (AvgIpc) is 2.05. The van der Waals surface area contributed by atoms with Crippen molar-refractivity contribution in [2.75, 3.05) is 0 Å². The van der Waals surface area contributed by atoms with Crippen LogP contribution in [0.1, 0.15) is 45.4 Å². The third-order valence-corrected chi connectivity index (χ3v) is 2.85. The summed E-state index contributed by atoms with van der Waals surface area (Å²) in [6, 6.07) is 0. The minimum Gasteiger partial charge on any atom is -0.530 e. The van der Waals surface area contributed by atoms with Gasteiger partial charge < -0.3 is 15.2 Å². The molecular formula is C9H16NO2-. The second-order valence-electron chi connectivity index (χ2n) is 3.61. The molecule has 0 aliphatic heterocycles. The molecule has 0 aromatic heterocycles. The molecule has 1 aliphatic carbocycles. The minimum atomic E-state index is -1.13. The highest BCUT2D eigenvalue weighted by Crippen LogP contribution is 2.30. The van der Waals surface area contributed by atoms with Gasteiger partial charge in [-0.15, -0.1) is 0 Å². The van der Waals surface area contributed by atoms with Gasteiger partial charge in [0.1, 0.15) is 6.09 Å². The van der Waals surface area contributed by atoms with Crippen molar-refractivity contribution in [2.45, 2.75) is 51.0 Å². The van der Waals surface area contributed by atoms with Gasteiger partial charge >= 0.3 is 0 Å². The Morgan fingerprint density at radius 2 is 2.00 bits per heavy atom. The number of carbonyl (C=O) groups is 1. The number of rotatable bonds is 2. The van der Waals surface area contributed by atoms with E-state index in [0.717, 1.165) is 32.1 Å². The summed E-state index contributed by atoms with van der Waals surface area (Å²) in [5.74, 6) is 0. The van der Waals surface area contributed by atoms with Crippen LogP contribution in [0.3, 0.4) is 0 Å². The summed E-state index contributed by atoms with van der Waals surface area (Å²) in [6.07, 6.45) is 5.19. The second-order valence-corrected chi connectivity index (χ2v) is 3.61. The van der Waals surface area contributed by atoms with Crippen molar-refractivity contribution in [1.82, 2.24) is 5.32 Å². The lowest BCUT2D eigenvalue weighted by molar-refractivity contribution is -0.253. The van der Waals surface area contributed by atoms with E-state index in [1.807, 2.05) is 6.92 Å². The first kappa shape index (κ1) is 9.36. The van der Waals surface area contributed by atoms with Crippen molar-refractivity contribution in [2.24, 2.45) is 0 Å². The van der Waals surface area contributed by atoms with E-state index in [9.17, 15) is 9.90 Å². The van der Waals surface area contributed by atoms with E-state index in [4.69, 9.17) is 0 Å². The lowest BCUT2D eigenvalue weighted by Crippen LogP contribution is -2.53. The van der Waals surface area contributed by atoms with Crippen LogP contribution in [0.5, 0.6) is 0 Å². The molecule has 0 bridgehead atoms. The maximum Gasteiger partial charge on any atom is 0.134 e. The zero-order chi connectivity index (χ0) is 9.03. The molecule has 1 fully saturated rings. The van der Waals surface area contributed by atoms with Gasteiger partial charge in [-0.2, -0.15) is 0 Å². The van der Waals surface area contributed by atoms with E-state index < -0.39 is 6.09 Å². The number of hydrogen-bond acceptors (Lipinski definition) is 2. The van der Waals surface area contributed by atoms with E-state index >= 15 is 0 Å². The zero-order valence-electron chi connectivity index (χ0n) is 7.56. The Hall–Kier alpha value is -0.730. The average molecular weight is 170 g/mol. The largest absolute Gasteiger partial charge is 0.530 e. The van der Waals surface area contributed by atoms with Gasteiger partial charge in [-0.25, -0.2) is 0 Å². The molecule has 0 unspecified atom stereocenters. The highest BCUT2D eigenvalue weighted by atomic mass is 16.4. The number of nitrogens with one attached hydrogen (secondary N) is 1. The van der Waals surface area contributed by atoms with E-state index in [1.54, 1.807) is 0 Å². The molecule has 0 atom stereocenters. The highest BCUT2D eigenvalue weighted by molar-refractivity contribution is 5.63. The fourth-order valence-corrected chi connectivity index (χ4v) is 2.01. The summed E-state index contributed by atoms with van der Waals surface area (Å²) in [5.41, 5.74) is -0.170. The van der Waals surface area contributed by atoms with Crippen molar-refractivity contribution in [3.63, 3.8) is 0 Å². The Morgan fingerprint density at radius 3 is 2.42 bits per heavy atom. The lowest BCUT2D eigenvalue weighted by atomic mass is 9.80. The van der Waals surface area contributed by atoms with Crippen LogP contribution in [-0.4, -0.2) is 11.6 Å². The molecule has 12 heavy (non-hydrogen) atoms. The molecule has 0 aromatic carbocycles. The Morgan fingerprint density at radius 1 is 1.42 bits per heavy atom. The van der Waals surface area contributed by atoms with Crippen LogP contribution >= 0.6 is 0 Å². The van der Waals surface area contributed by atoms with Crippen molar-refractivity contribution in [3.8, 4) is 0 Å². The molecule has 0 heterocycles. The van der Waals surface area contributed by atoms with Gasteiger partial charge in [0.2, 0.25) is 0 Å². The molecule has 3 nitrogen and oxygen atoms in total. The maximum atomic E-state index is 10.4. The van der Waals surface area contributed by atoms with Crippen LogP contribution in [0, 0.1) is 0 Å². The lowest BCUT2D eigenvalue weighted by Gasteiger charge is -2.38. The Labute approximate surface area is 73.2 Å². The van der Waals surface area contributed by atoms with Crippen molar-refractivity contribution in [3.05, 3.63) is 0 Å². The SMILES string of the molecule is CCC1(NC(=O)[O-])CCCCC1. The van der Waals surface area contributed by atoms with Crippen LogP contribution in [0.4, 0.5) is 4.79 Å². The Kier molecular flexibility index (Phi) is 2.95. The molecule has 0 spiro atoms. The van der Waals surface area contributed by atoms with E-state index in [-0.39, 0.29) is 5.54 Å². The first-order valence-electron chi connectivity index (χ1n) is 4.68. The van der Waals surface area contributed by atoms with Crippen LogP contribution in [0.15, 0.2) is 0 Å². The second kappa shape index (κ2) is 3.78. The van der Waals surface area contributed by atoms with E-state index in [2.05, 4.69) is 5.32 Å². The van der Waals surface area contributed by atoms with Gasteiger partial charge in [0.25, 0.3) is 0 Å². The zero-order valence-corrected chi connectivity index (χ0v) is 7.56. The Balaban J connectivity index is 2.53. The predicted octanol–water partition coefficient (Wildman–Crippen LogP) is 1.03. The summed E-state index contributed by atoms with van der Waals surface area (Å²) in [4.78, 5) is 10.4. The molecule has 70 valence electrons. The molecule has 1 rings (SSSR count). The molecule has 1 saturated carbocycles. The topological polar surface area (TPSA) is 52.2 Å². The number of carboxylic acid groups (broad SMARTS) is 1. The summed E-state index contributed by atoms with van der Waals surface area (Å²) in [7, 11) is 0. The van der Waals surface area contributed by atoms with Gasteiger partial charge in [0, 0.05) is 5.54 Å². The van der Waals surface area contributed by atoms with Gasteiger partial charge in [-0.1, -0.05) is 26.2 Å². The van der Waals surface area contributed by atoms with Crippen LogP contribution in [-0.2, 0) is 0 Å². The van der Waals surface area contributed by atoms with Crippen LogP contribution in [0.25, 0.3) is 0 Å². The first-order valence-corrected chi connectivity index (χ1v) is 4.68. The molecule has 3 heteroatoms. The number of carbonyl (C=O) groups excluding carboxylic acids is 1. The molecule has 1 aliphatic rings. The van der Waals surface area contributed by atoms with Crippen molar-refractivity contribution < 1.29 is 9.90 Å². The molecule has 0 radical (unpaired) electrons. The monoisotopic (exact) mass is 170 g/mol. The quantitative estimate of drug-likeness (QED) is 0.673. The van der Waals surface area contributed by atoms with Crippen LogP contribution in [0.2, 0.25) is 0 Å². The maximum absolute atomic E-state index is 10.4. The standard InChI is InChI=1S/C9H17NO2/c1-2-9(10-8(11)12)6-4-3-5-7-9/h10H,2-7H2,1H3,(H,11,12)/p-1. The third kappa shape index (κ3) is 2.13. The molecule has 1 amide bonds. The fraction of sp³-hybridized carbons (Fsp3) is 0.889. The smallest absolute Gasteiger partial charge is 0.134 e. The normalized spacial score (nSPS) is 21.8. The minimum absolute atomic E-state index is 0.170. The summed E-state index contributed by atoms with van der Waals surface area (Å²) in [6.45, 7) is 2.03. The van der Waals surface area contributed by atoms with Gasteiger partial charge in [-0.05, 0) is 19.3 Å².